The lowest BCUT2D eigenvalue weighted by molar-refractivity contribution is -0.117. The topological polar surface area (TPSA) is 53.6 Å². The number of halogens is 2. The molecule has 0 bridgehead atoms. The molecule has 1 fully saturated rings. The van der Waals surface area contributed by atoms with Crippen LogP contribution in [-0.4, -0.2) is 50.1 Å². The average Bonchev–Trinajstić information content (AvgIpc) is 2.42. The third-order valence-electron chi connectivity index (χ3n) is 3.03. The fraction of sp³-hybridized carbons (Fsp3) is 0.500. The lowest BCUT2D eigenvalue weighted by atomic mass is 10.3. The zero-order valence-electron chi connectivity index (χ0n) is 12.1. The van der Waals surface area contributed by atoms with Crippen molar-refractivity contribution in [1.29, 1.82) is 0 Å². The van der Waals surface area contributed by atoms with Gasteiger partial charge < -0.3 is 15.4 Å². The second-order valence-corrected chi connectivity index (χ2v) is 4.53. The van der Waals surface area contributed by atoms with Crippen LogP contribution in [0.25, 0.3) is 0 Å². The largest absolute Gasteiger partial charge is 0.494 e. The maximum atomic E-state index is 11.9. The smallest absolute Gasteiger partial charge is 0.238 e. The molecule has 0 aromatic heterocycles. The number of hydrogen-bond acceptors (Lipinski definition) is 4. The van der Waals surface area contributed by atoms with E-state index < -0.39 is 0 Å². The van der Waals surface area contributed by atoms with Crippen molar-refractivity contribution in [3.8, 4) is 5.75 Å². The zero-order valence-corrected chi connectivity index (χ0v) is 13.8. The lowest BCUT2D eigenvalue weighted by Crippen LogP contribution is -2.46. The molecule has 1 heterocycles. The van der Waals surface area contributed by atoms with Crippen molar-refractivity contribution in [3.05, 3.63) is 24.3 Å². The van der Waals surface area contributed by atoms with Crippen molar-refractivity contribution in [1.82, 2.24) is 10.2 Å². The van der Waals surface area contributed by atoms with Gasteiger partial charge in [0.1, 0.15) is 5.75 Å². The molecule has 1 amide bonds. The highest BCUT2D eigenvalue weighted by Crippen LogP contribution is 2.15. The molecule has 2 N–H and O–H groups in total. The molecule has 0 unspecified atom stereocenters. The van der Waals surface area contributed by atoms with E-state index in [2.05, 4.69) is 15.5 Å². The summed E-state index contributed by atoms with van der Waals surface area (Å²) in [5.41, 5.74) is 0.809. The van der Waals surface area contributed by atoms with Crippen molar-refractivity contribution < 1.29 is 9.53 Å². The number of amides is 1. The predicted octanol–water partition coefficient (Wildman–Crippen LogP) is 1.77. The van der Waals surface area contributed by atoms with Gasteiger partial charge in [-0.2, -0.15) is 0 Å². The minimum atomic E-state index is 0. The summed E-state index contributed by atoms with van der Waals surface area (Å²) in [6.45, 7) is 6.81. The van der Waals surface area contributed by atoms with Crippen molar-refractivity contribution >= 4 is 36.4 Å². The first-order chi connectivity index (χ1) is 9.28. The van der Waals surface area contributed by atoms with Gasteiger partial charge in [0.2, 0.25) is 5.91 Å². The average molecular weight is 336 g/mol. The monoisotopic (exact) mass is 335 g/mol. The number of piperazine rings is 1. The van der Waals surface area contributed by atoms with E-state index in [1.807, 2.05) is 31.2 Å². The predicted molar refractivity (Wildman–Crippen MR) is 90.0 cm³/mol. The number of anilines is 1. The van der Waals surface area contributed by atoms with Crippen LogP contribution in [0, 0.1) is 0 Å². The molecule has 0 radical (unpaired) electrons. The second-order valence-electron chi connectivity index (χ2n) is 4.53. The fourth-order valence-corrected chi connectivity index (χ4v) is 2.07. The normalized spacial score (nSPS) is 14.5. The Morgan fingerprint density at radius 2 is 1.86 bits per heavy atom. The van der Waals surface area contributed by atoms with Gasteiger partial charge in [0.25, 0.3) is 0 Å². The Balaban J connectivity index is 0.00000200. The van der Waals surface area contributed by atoms with Gasteiger partial charge in [-0.15, -0.1) is 24.8 Å². The van der Waals surface area contributed by atoms with Crippen LogP contribution in [0.15, 0.2) is 24.3 Å². The Hall–Kier alpha value is -1.01. The summed E-state index contributed by atoms with van der Waals surface area (Å²) in [7, 11) is 0. The van der Waals surface area contributed by atoms with Crippen LogP contribution in [0.5, 0.6) is 5.75 Å². The minimum absolute atomic E-state index is 0. The molecule has 1 saturated heterocycles. The van der Waals surface area contributed by atoms with E-state index in [4.69, 9.17) is 4.74 Å². The molecule has 1 aliphatic rings. The summed E-state index contributed by atoms with van der Waals surface area (Å²) in [5, 5.41) is 6.17. The molecule has 1 aliphatic heterocycles. The molecule has 1 aromatic rings. The third kappa shape index (κ3) is 7.00. The first kappa shape index (κ1) is 20.0. The van der Waals surface area contributed by atoms with Gasteiger partial charge in [0, 0.05) is 31.9 Å². The standard InChI is InChI=1S/C14H21N3O2.2ClH/c1-2-19-13-5-3-12(4-6-13)16-14(18)11-17-9-7-15-8-10-17;;/h3-6,15H,2,7-11H2,1H3,(H,16,18);2*1H. The first-order valence-corrected chi connectivity index (χ1v) is 6.73. The molecule has 120 valence electrons. The van der Waals surface area contributed by atoms with Crippen molar-refractivity contribution in [3.63, 3.8) is 0 Å². The number of benzene rings is 1. The summed E-state index contributed by atoms with van der Waals surface area (Å²) in [4.78, 5) is 14.0. The van der Waals surface area contributed by atoms with E-state index >= 15 is 0 Å². The Morgan fingerprint density at radius 1 is 1.24 bits per heavy atom. The fourth-order valence-electron chi connectivity index (χ4n) is 2.07. The van der Waals surface area contributed by atoms with Crippen LogP contribution in [-0.2, 0) is 4.79 Å². The van der Waals surface area contributed by atoms with Crippen molar-refractivity contribution in [2.45, 2.75) is 6.92 Å². The van der Waals surface area contributed by atoms with Crippen LogP contribution < -0.4 is 15.4 Å². The molecule has 21 heavy (non-hydrogen) atoms. The summed E-state index contributed by atoms with van der Waals surface area (Å²) in [6, 6.07) is 7.45. The SMILES string of the molecule is CCOc1ccc(NC(=O)CN2CCNCC2)cc1.Cl.Cl. The van der Waals surface area contributed by atoms with Crippen LogP contribution in [0.1, 0.15) is 6.92 Å². The molecule has 5 nitrogen and oxygen atoms in total. The second kappa shape index (κ2) is 10.7. The number of carbonyl (C=O) groups is 1. The summed E-state index contributed by atoms with van der Waals surface area (Å²) in [6.07, 6.45) is 0. The van der Waals surface area contributed by atoms with E-state index in [9.17, 15) is 4.79 Å². The Labute approximate surface area is 138 Å². The Kier molecular flexibility index (Phi) is 10.2. The molecule has 0 aliphatic carbocycles. The van der Waals surface area contributed by atoms with E-state index in [1.54, 1.807) is 0 Å². The molecule has 0 saturated carbocycles. The number of rotatable bonds is 5. The first-order valence-electron chi connectivity index (χ1n) is 6.73. The number of nitrogens with zero attached hydrogens (tertiary/aromatic N) is 1. The van der Waals surface area contributed by atoms with Crippen LogP contribution in [0.4, 0.5) is 5.69 Å². The molecule has 7 heteroatoms. The highest BCUT2D eigenvalue weighted by Gasteiger charge is 2.13. The molecule has 1 aromatic carbocycles. The van der Waals surface area contributed by atoms with E-state index in [0.717, 1.165) is 37.6 Å². The molecular formula is C14H23Cl2N3O2. The third-order valence-corrected chi connectivity index (χ3v) is 3.03. The minimum Gasteiger partial charge on any atom is -0.494 e. The van der Waals surface area contributed by atoms with Gasteiger partial charge in [-0.3, -0.25) is 9.69 Å². The van der Waals surface area contributed by atoms with Gasteiger partial charge in [-0.25, -0.2) is 0 Å². The molecule has 2 rings (SSSR count). The van der Waals surface area contributed by atoms with Gasteiger partial charge in [0.15, 0.2) is 0 Å². The number of hydrogen-bond donors (Lipinski definition) is 2. The maximum Gasteiger partial charge on any atom is 0.238 e. The van der Waals surface area contributed by atoms with Gasteiger partial charge in [-0.05, 0) is 31.2 Å². The molecular weight excluding hydrogens is 313 g/mol. The van der Waals surface area contributed by atoms with Crippen LogP contribution in [0.2, 0.25) is 0 Å². The maximum absolute atomic E-state index is 11.9. The van der Waals surface area contributed by atoms with Crippen LogP contribution in [0.3, 0.4) is 0 Å². The Bertz CT molecular complexity index is 409. The number of nitrogens with one attached hydrogen (secondary N) is 2. The van der Waals surface area contributed by atoms with E-state index in [0.29, 0.717) is 13.2 Å². The van der Waals surface area contributed by atoms with Crippen molar-refractivity contribution in [2.24, 2.45) is 0 Å². The molecule has 0 spiro atoms. The highest BCUT2D eigenvalue weighted by molar-refractivity contribution is 5.92. The zero-order chi connectivity index (χ0) is 13.5. The number of ether oxygens (including phenoxy) is 1. The highest BCUT2D eigenvalue weighted by atomic mass is 35.5. The van der Waals surface area contributed by atoms with E-state index in [-0.39, 0.29) is 30.7 Å². The Morgan fingerprint density at radius 3 is 2.43 bits per heavy atom. The van der Waals surface area contributed by atoms with Gasteiger partial charge >= 0.3 is 0 Å². The van der Waals surface area contributed by atoms with Crippen LogP contribution >= 0.6 is 24.8 Å². The van der Waals surface area contributed by atoms with E-state index in [1.165, 1.54) is 0 Å². The summed E-state index contributed by atoms with van der Waals surface area (Å²) < 4.78 is 5.36. The summed E-state index contributed by atoms with van der Waals surface area (Å²) >= 11 is 0. The lowest BCUT2D eigenvalue weighted by Gasteiger charge is -2.26. The van der Waals surface area contributed by atoms with Crippen molar-refractivity contribution in [2.75, 3.05) is 44.6 Å². The number of carbonyl (C=O) groups excluding carboxylic acids is 1. The molecule has 0 atom stereocenters. The summed E-state index contributed by atoms with van der Waals surface area (Å²) in [5.74, 6) is 0.855. The van der Waals surface area contributed by atoms with Gasteiger partial charge in [-0.1, -0.05) is 0 Å². The van der Waals surface area contributed by atoms with Gasteiger partial charge in [0.05, 0.1) is 13.2 Å². The quantitative estimate of drug-likeness (QED) is 0.861.